The van der Waals surface area contributed by atoms with Crippen LogP contribution in [-0.4, -0.2) is 31.5 Å². The van der Waals surface area contributed by atoms with Gasteiger partial charge < -0.3 is 5.11 Å². The normalized spacial score (nSPS) is 11.5. The number of aromatic amines is 1. The zero-order valence-electron chi connectivity index (χ0n) is 11.4. The molecule has 0 aliphatic carbocycles. The second kappa shape index (κ2) is 6.31. The number of hydrogen-bond donors (Lipinski definition) is 2. The summed E-state index contributed by atoms with van der Waals surface area (Å²) in [6.45, 7) is 0. The Morgan fingerprint density at radius 1 is 1.23 bits per heavy atom. The number of aliphatic hydroxyl groups excluding tert-OH is 1. The number of aliphatic hydroxyl groups is 1. The van der Waals surface area contributed by atoms with Crippen LogP contribution in [0.2, 0.25) is 0 Å². The van der Waals surface area contributed by atoms with E-state index in [0.29, 0.717) is 4.88 Å². The number of benzene rings is 1. The zero-order valence-corrected chi connectivity index (χ0v) is 12.2. The molecule has 3 rings (SSSR count). The first-order chi connectivity index (χ1) is 10.7. The van der Waals surface area contributed by atoms with Gasteiger partial charge in [-0.3, -0.25) is 4.79 Å². The molecule has 22 heavy (non-hydrogen) atoms. The molecule has 0 bridgehead atoms. The lowest BCUT2D eigenvalue weighted by atomic mass is 10.1. The van der Waals surface area contributed by atoms with Crippen molar-refractivity contribution in [1.29, 1.82) is 0 Å². The highest BCUT2D eigenvalue weighted by atomic mass is 32.1. The lowest BCUT2D eigenvalue weighted by Gasteiger charge is -1.97. The summed E-state index contributed by atoms with van der Waals surface area (Å²) in [5, 5.41) is 22.5. The lowest BCUT2D eigenvalue weighted by molar-refractivity contribution is 0.104. The molecule has 0 radical (unpaired) electrons. The molecule has 7 heteroatoms. The van der Waals surface area contributed by atoms with Gasteiger partial charge in [0.25, 0.3) is 0 Å². The molecule has 0 spiro atoms. The highest BCUT2D eigenvalue weighted by molar-refractivity contribution is 7.14. The molecule has 2 N–H and O–H groups in total. The van der Waals surface area contributed by atoms with Crippen LogP contribution in [0, 0.1) is 0 Å². The number of nitrogens with zero attached hydrogens (tertiary/aromatic N) is 3. The molecule has 1 aromatic carbocycles. The van der Waals surface area contributed by atoms with Crippen molar-refractivity contribution >= 4 is 22.9 Å². The molecule has 2 aromatic heterocycles. The average molecular weight is 312 g/mol. The Hall–Kier alpha value is -2.80. The van der Waals surface area contributed by atoms with Crippen molar-refractivity contribution in [1.82, 2.24) is 20.6 Å². The van der Waals surface area contributed by atoms with E-state index in [1.807, 2.05) is 36.4 Å². The third-order valence-electron chi connectivity index (χ3n) is 2.97. The number of allylic oxidation sites excluding steroid dienone is 1. The Morgan fingerprint density at radius 2 is 2.05 bits per heavy atom. The minimum absolute atomic E-state index is 0.00517. The fraction of sp³-hybridized carbons (Fsp3) is 0.0667. The van der Waals surface area contributed by atoms with Gasteiger partial charge in [-0.1, -0.05) is 30.3 Å². The fourth-order valence-electron chi connectivity index (χ4n) is 1.93. The number of nitrogens with one attached hydrogen (secondary N) is 1. The molecule has 0 aliphatic rings. The van der Waals surface area contributed by atoms with E-state index in [9.17, 15) is 9.90 Å². The molecule has 0 atom stereocenters. The van der Waals surface area contributed by atoms with Gasteiger partial charge in [-0.2, -0.15) is 5.21 Å². The first-order valence-electron chi connectivity index (χ1n) is 6.54. The molecule has 6 nitrogen and oxygen atoms in total. The van der Waals surface area contributed by atoms with Gasteiger partial charge in [0.15, 0.2) is 11.5 Å². The van der Waals surface area contributed by atoms with E-state index in [2.05, 4.69) is 20.6 Å². The summed E-state index contributed by atoms with van der Waals surface area (Å²) in [5.74, 6) is -0.599. The Balaban J connectivity index is 1.73. The van der Waals surface area contributed by atoms with Crippen LogP contribution in [0.15, 0.2) is 48.5 Å². The number of ketones is 1. The Morgan fingerprint density at radius 3 is 2.77 bits per heavy atom. The highest BCUT2D eigenvalue weighted by Crippen LogP contribution is 2.21. The largest absolute Gasteiger partial charge is 0.504 e. The molecular weight excluding hydrogens is 300 g/mol. The van der Waals surface area contributed by atoms with Crippen LogP contribution in [0.3, 0.4) is 0 Å². The van der Waals surface area contributed by atoms with Gasteiger partial charge in [-0.15, -0.1) is 21.5 Å². The SMILES string of the molecule is O=C(C=C(O)c1nn[nH]n1)c1ccc(Cc2ccccc2)s1. The van der Waals surface area contributed by atoms with Crippen LogP contribution in [0.1, 0.15) is 25.9 Å². The van der Waals surface area contributed by atoms with Crippen molar-refractivity contribution in [3.63, 3.8) is 0 Å². The van der Waals surface area contributed by atoms with E-state index in [1.54, 1.807) is 6.07 Å². The summed E-state index contributed by atoms with van der Waals surface area (Å²) >= 11 is 1.41. The van der Waals surface area contributed by atoms with Crippen LogP contribution >= 0.6 is 11.3 Å². The van der Waals surface area contributed by atoms with Gasteiger partial charge in [-0.05, 0) is 22.9 Å². The van der Waals surface area contributed by atoms with E-state index in [0.717, 1.165) is 17.4 Å². The first kappa shape index (κ1) is 14.2. The minimum atomic E-state index is -0.309. The Bertz CT molecular complexity index is 794. The maximum atomic E-state index is 12.1. The number of hydrogen-bond acceptors (Lipinski definition) is 6. The van der Waals surface area contributed by atoms with E-state index in [4.69, 9.17) is 0 Å². The molecular formula is C15H12N4O2S. The number of rotatable bonds is 5. The molecule has 0 amide bonds. The first-order valence-corrected chi connectivity index (χ1v) is 7.35. The molecule has 3 aromatic rings. The average Bonchev–Trinajstić information content (AvgIpc) is 3.19. The second-order valence-corrected chi connectivity index (χ2v) is 5.73. The molecule has 0 saturated heterocycles. The van der Waals surface area contributed by atoms with Crippen LogP contribution in [0.4, 0.5) is 0 Å². The summed E-state index contributed by atoms with van der Waals surface area (Å²) in [7, 11) is 0. The van der Waals surface area contributed by atoms with Gasteiger partial charge in [0.05, 0.1) is 4.88 Å². The maximum absolute atomic E-state index is 12.1. The van der Waals surface area contributed by atoms with Gasteiger partial charge in [0.2, 0.25) is 5.82 Å². The van der Waals surface area contributed by atoms with E-state index in [-0.39, 0.29) is 17.4 Å². The predicted octanol–water partition coefficient (Wildman–Crippen LogP) is 2.63. The lowest BCUT2D eigenvalue weighted by Crippen LogP contribution is -1.95. The summed E-state index contributed by atoms with van der Waals surface area (Å²) in [6, 6.07) is 13.7. The van der Waals surface area contributed by atoms with Crippen molar-refractivity contribution in [3.8, 4) is 0 Å². The standard InChI is InChI=1S/C15H12N4O2S/c20-12(9-13(21)15-16-18-19-17-15)14-7-6-11(22-14)8-10-4-2-1-3-5-10/h1-7,9,21H,8H2,(H,16,17,18,19). The van der Waals surface area contributed by atoms with Gasteiger partial charge >= 0.3 is 0 Å². The molecule has 2 heterocycles. The van der Waals surface area contributed by atoms with Crippen LogP contribution in [0.5, 0.6) is 0 Å². The summed E-state index contributed by atoms with van der Waals surface area (Å²) in [6.07, 6.45) is 1.88. The molecule has 110 valence electrons. The van der Waals surface area contributed by atoms with E-state index in [1.165, 1.54) is 16.9 Å². The number of aromatic nitrogens is 4. The van der Waals surface area contributed by atoms with Gasteiger partial charge in [0, 0.05) is 17.4 Å². The van der Waals surface area contributed by atoms with E-state index >= 15 is 0 Å². The smallest absolute Gasteiger partial charge is 0.239 e. The topological polar surface area (TPSA) is 91.8 Å². The maximum Gasteiger partial charge on any atom is 0.239 e. The highest BCUT2D eigenvalue weighted by Gasteiger charge is 2.11. The fourth-order valence-corrected chi connectivity index (χ4v) is 2.89. The summed E-state index contributed by atoms with van der Waals surface area (Å²) < 4.78 is 0. The van der Waals surface area contributed by atoms with E-state index < -0.39 is 0 Å². The number of tetrazole rings is 1. The Labute approximate surface area is 130 Å². The van der Waals surface area contributed by atoms with Crippen LogP contribution in [0.25, 0.3) is 5.76 Å². The minimum Gasteiger partial charge on any atom is -0.504 e. The second-order valence-electron chi connectivity index (χ2n) is 4.56. The monoisotopic (exact) mass is 312 g/mol. The zero-order chi connectivity index (χ0) is 15.4. The third kappa shape index (κ3) is 3.26. The van der Waals surface area contributed by atoms with Crippen molar-refractivity contribution in [2.75, 3.05) is 0 Å². The number of carbonyl (C=O) groups is 1. The number of thiophene rings is 1. The van der Waals surface area contributed by atoms with Crippen molar-refractivity contribution < 1.29 is 9.90 Å². The van der Waals surface area contributed by atoms with Crippen molar-refractivity contribution in [3.05, 3.63) is 69.7 Å². The quantitative estimate of drug-likeness (QED) is 0.429. The molecule has 0 fully saturated rings. The predicted molar refractivity (Wildman–Crippen MR) is 82.7 cm³/mol. The molecule has 0 saturated carbocycles. The van der Waals surface area contributed by atoms with Crippen molar-refractivity contribution in [2.24, 2.45) is 0 Å². The summed E-state index contributed by atoms with van der Waals surface area (Å²) in [4.78, 5) is 13.7. The van der Waals surface area contributed by atoms with Crippen LogP contribution < -0.4 is 0 Å². The van der Waals surface area contributed by atoms with Gasteiger partial charge in [-0.25, -0.2) is 0 Å². The third-order valence-corrected chi connectivity index (χ3v) is 4.07. The summed E-state index contributed by atoms with van der Waals surface area (Å²) in [5.41, 5.74) is 1.19. The molecule has 0 aliphatic heterocycles. The van der Waals surface area contributed by atoms with Crippen molar-refractivity contribution in [2.45, 2.75) is 6.42 Å². The Kier molecular flexibility index (Phi) is 4.06. The molecule has 0 unspecified atom stereocenters. The number of H-pyrrole nitrogens is 1. The number of carbonyl (C=O) groups excluding carboxylic acids is 1. The van der Waals surface area contributed by atoms with Gasteiger partial charge in [0.1, 0.15) is 0 Å². The van der Waals surface area contributed by atoms with Crippen LogP contribution in [-0.2, 0) is 6.42 Å².